The molecule has 1 N–H and O–H groups in total. The minimum atomic E-state index is -3.21. The maximum Gasteiger partial charge on any atom is 0.228 e. The van der Waals surface area contributed by atoms with Gasteiger partial charge in [-0.15, -0.1) is 0 Å². The first kappa shape index (κ1) is 18.2. The number of carbonyl (C=O) groups excluding carboxylic acids is 1. The predicted octanol–water partition coefficient (Wildman–Crippen LogP) is 1.57. The van der Waals surface area contributed by atoms with E-state index in [0.717, 1.165) is 37.7 Å². The Bertz CT molecular complexity index is 775. The van der Waals surface area contributed by atoms with Crippen molar-refractivity contribution in [3.8, 4) is 0 Å². The lowest BCUT2D eigenvalue weighted by molar-refractivity contribution is -0.134. The van der Waals surface area contributed by atoms with Crippen LogP contribution in [0.1, 0.15) is 38.4 Å². The van der Waals surface area contributed by atoms with E-state index in [9.17, 15) is 13.2 Å². The SMILES string of the molecule is CCc1nsc(N[C@@H]2CS(=O)(=O)C[C@H]2C(=O)N2CCC(CC3CC3)C2)n1. The van der Waals surface area contributed by atoms with Crippen LogP contribution in [0.3, 0.4) is 0 Å². The summed E-state index contributed by atoms with van der Waals surface area (Å²) in [5.74, 6) is 1.59. The molecule has 0 spiro atoms. The summed E-state index contributed by atoms with van der Waals surface area (Å²) in [7, 11) is -3.21. The van der Waals surface area contributed by atoms with Crippen LogP contribution in [0.25, 0.3) is 0 Å². The van der Waals surface area contributed by atoms with E-state index in [1.54, 1.807) is 0 Å². The molecule has 3 fully saturated rings. The summed E-state index contributed by atoms with van der Waals surface area (Å²) in [6.45, 7) is 3.53. The average molecular weight is 399 g/mol. The van der Waals surface area contributed by atoms with E-state index in [4.69, 9.17) is 0 Å². The lowest BCUT2D eigenvalue weighted by Crippen LogP contribution is -2.42. The first-order valence-electron chi connectivity index (χ1n) is 9.52. The van der Waals surface area contributed by atoms with Crippen molar-refractivity contribution < 1.29 is 13.2 Å². The highest BCUT2D eigenvalue weighted by atomic mass is 32.2. The number of nitrogens with one attached hydrogen (secondary N) is 1. The van der Waals surface area contributed by atoms with E-state index in [1.807, 2.05) is 11.8 Å². The first-order chi connectivity index (χ1) is 12.4. The topological polar surface area (TPSA) is 92.3 Å². The molecular weight excluding hydrogens is 372 g/mol. The molecule has 3 aliphatic rings. The number of aromatic nitrogens is 2. The van der Waals surface area contributed by atoms with Crippen LogP contribution >= 0.6 is 11.5 Å². The minimum Gasteiger partial charge on any atom is -0.356 e. The van der Waals surface area contributed by atoms with Gasteiger partial charge < -0.3 is 10.2 Å². The molecule has 26 heavy (non-hydrogen) atoms. The summed E-state index contributed by atoms with van der Waals surface area (Å²) in [5.41, 5.74) is 0. The molecular formula is C17H26N4O3S2. The summed E-state index contributed by atoms with van der Waals surface area (Å²) in [6, 6.07) is -0.410. The third-order valence-electron chi connectivity index (χ3n) is 5.72. The van der Waals surface area contributed by atoms with Crippen molar-refractivity contribution in [3.05, 3.63) is 5.82 Å². The fourth-order valence-electron chi connectivity index (χ4n) is 4.13. The van der Waals surface area contributed by atoms with Crippen LogP contribution in [-0.2, 0) is 21.1 Å². The van der Waals surface area contributed by atoms with Crippen LogP contribution in [-0.4, -0.2) is 59.2 Å². The van der Waals surface area contributed by atoms with Crippen LogP contribution in [0.15, 0.2) is 0 Å². The number of hydrogen-bond donors (Lipinski definition) is 1. The van der Waals surface area contributed by atoms with Crippen molar-refractivity contribution >= 4 is 32.4 Å². The molecule has 144 valence electrons. The van der Waals surface area contributed by atoms with E-state index in [-0.39, 0.29) is 17.4 Å². The van der Waals surface area contributed by atoms with Gasteiger partial charge in [0.1, 0.15) is 5.82 Å². The Morgan fingerprint density at radius 3 is 2.77 bits per heavy atom. The van der Waals surface area contributed by atoms with Crippen molar-refractivity contribution in [2.45, 2.75) is 45.1 Å². The second-order valence-electron chi connectivity index (χ2n) is 7.92. The fourth-order valence-corrected chi connectivity index (χ4v) is 6.77. The van der Waals surface area contributed by atoms with E-state index >= 15 is 0 Å². The Hall–Kier alpha value is -1.22. The second kappa shape index (κ2) is 7.07. The molecule has 1 saturated carbocycles. The molecule has 1 amide bonds. The van der Waals surface area contributed by atoms with Gasteiger partial charge in [-0.3, -0.25) is 4.79 Å². The molecule has 3 heterocycles. The number of hydrogen-bond acceptors (Lipinski definition) is 7. The Labute approximate surface area is 158 Å². The summed E-state index contributed by atoms with van der Waals surface area (Å²) in [6.07, 6.45) is 5.67. The normalized spacial score (nSPS) is 30.7. The molecule has 2 saturated heterocycles. The van der Waals surface area contributed by atoms with Gasteiger partial charge in [0.2, 0.25) is 11.0 Å². The highest BCUT2D eigenvalue weighted by molar-refractivity contribution is 7.91. The van der Waals surface area contributed by atoms with Crippen LogP contribution in [0.2, 0.25) is 0 Å². The van der Waals surface area contributed by atoms with Crippen molar-refractivity contribution in [2.24, 2.45) is 17.8 Å². The fraction of sp³-hybridized carbons (Fsp3) is 0.824. The van der Waals surface area contributed by atoms with Crippen LogP contribution in [0, 0.1) is 17.8 Å². The van der Waals surface area contributed by atoms with E-state index in [0.29, 0.717) is 11.0 Å². The van der Waals surface area contributed by atoms with E-state index in [1.165, 1.54) is 30.8 Å². The van der Waals surface area contributed by atoms with E-state index in [2.05, 4.69) is 14.7 Å². The molecule has 2 aliphatic heterocycles. The highest BCUT2D eigenvalue weighted by Crippen LogP contribution is 2.38. The maximum atomic E-state index is 13.0. The molecule has 1 aromatic heterocycles. The zero-order chi connectivity index (χ0) is 18.3. The van der Waals surface area contributed by atoms with Gasteiger partial charge in [-0.2, -0.15) is 4.37 Å². The number of sulfone groups is 1. The first-order valence-corrected chi connectivity index (χ1v) is 12.1. The molecule has 0 radical (unpaired) electrons. The summed E-state index contributed by atoms with van der Waals surface area (Å²) in [4.78, 5) is 19.3. The van der Waals surface area contributed by atoms with Gasteiger partial charge in [0.25, 0.3) is 0 Å². The zero-order valence-electron chi connectivity index (χ0n) is 15.1. The Morgan fingerprint density at radius 1 is 1.27 bits per heavy atom. The summed E-state index contributed by atoms with van der Waals surface area (Å²) in [5, 5.41) is 3.78. The number of aryl methyl sites for hydroxylation is 1. The monoisotopic (exact) mass is 398 g/mol. The van der Waals surface area contributed by atoms with Gasteiger partial charge in [-0.05, 0) is 24.7 Å². The molecule has 9 heteroatoms. The molecule has 1 aliphatic carbocycles. The van der Waals surface area contributed by atoms with Crippen LogP contribution in [0.4, 0.5) is 5.13 Å². The Balaban J connectivity index is 1.43. The number of anilines is 1. The molecule has 7 nitrogen and oxygen atoms in total. The van der Waals surface area contributed by atoms with Crippen molar-refractivity contribution in [2.75, 3.05) is 29.9 Å². The van der Waals surface area contributed by atoms with Gasteiger partial charge >= 0.3 is 0 Å². The van der Waals surface area contributed by atoms with Crippen LogP contribution in [0.5, 0.6) is 0 Å². The largest absolute Gasteiger partial charge is 0.356 e. The van der Waals surface area contributed by atoms with Crippen molar-refractivity contribution in [1.82, 2.24) is 14.3 Å². The maximum absolute atomic E-state index is 13.0. The summed E-state index contributed by atoms with van der Waals surface area (Å²) < 4.78 is 28.6. The Morgan fingerprint density at radius 2 is 2.08 bits per heavy atom. The second-order valence-corrected chi connectivity index (χ2v) is 10.8. The van der Waals surface area contributed by atoms with Gasteiger partial charge in [0.15, 0.2) is 9.84 Å². The number of likely N-dealkylation sites (tertiary alicyclic amines) is 1. The quantitative estimate of drug-likeness (QED) is 0.782. The van der Waals surface area contributed by atoms with Crippen molar-refractivity contribution in [1.29, 1.82) is 0 Å². The number of nitrogens with zero attached hydrogens (tertiary/aromatic N) is 3. The average Bonchev–Trinajstić information content (AvgIpc) is 2.99. The highest BCUT2D eigenvalue weighted by Gasteiger charge is 2.45. The van der Waals surface area contributed by atoms with E-state index < -0.39 is 21.8 Å². The predicted molar refractivity (Wildman–Crippen MR) is 101 cm³/mol. The van der Waals surface area contributed by atoms with Gasteiger partial charge in [-0.25, -0.2) is 13.4 Å². The molecule has 4 rings (SSSR count). The van der Waals surface area contributed by atoms with Gasteiger partial charge in [0, 0.05) is 31.0 Å². The third kappa shape index (κ3) is 4.03. The zero-order valence-corrected chi connectivity index (χ0v) is 16.7. The standard InChI is InChI=1S/C17H26N4O3S2/c1-2-15-19-17(25-20-15)18-14-10-26(23,24)9-13(14)16(22)21-6-5-12(8-21)7-11-3-4-11/h11-14H,2-10H2,1H3,(H,18,19,20)/t12?,13-,14-/m1/s1. The minimum absolute atomic E-state index is 0.0101. The van der Waals surface area contributed by atoms with Crippen LogP contribution < -0.4 is 5.32 Å². The molecule has 3 atom stereocenters. The number of rotatable bonds is 6. The molecule has 1 unspecified atom stereocenters. The number of carbonyl (C=O) groups is 1. The van der Waals surface area contributed by atoms with Crippen molar-refractivity contribution in [3.63, 3.8) is 0 Å². The van der Waals surface area contributed by atoms with Gasteiger partial charge in [0.05, 0.1) is 23.5 Å². The smallest absolute Gasteiger partial charge is 0.228 e. The van der Waals surface area contributed by atoms with Gasteiger partial charge in [-0.1, -0.05) is 19.8 Å². The lowest BCUT2D eigenvalue weighted by Gasteiger charge is -2.24. The molecule has 0 aromatic carbocycles. The Kier molecular flexibility index (Phi) is 4.94. The number of amides is 1. The molecule has 0 bridgehead atoms. The lowest BCUT2D eigenvalue weighted by atomic mass is 10.0. The molecule has 1 aromatic rings. The summed E-state index contributed by atoms with van der Waals surface area (Å²) >= 11 is 1.23. The third-order valence-corrected chi connectivity index (χ3v) is 8.14.